The molecule has 342 valence electrons. The Kier molecular flexibility index (Phi) is 19.9. The molecule has 0 bridgehead atoms. The van der Waals surface area contributed by atoms with E-state index in [1.54, 1.807) is 0 Å². The maximum atomic E-state index is 15.5. The topological polar surface area (TPSA) is 77.5 Å². The highest BCUT2D eigenvalue weighted by atomic mass is 16.7. The second kappa shape index (κ2) is 23.4. The summed E-state index contributed by atoms with van der Waals surface area (Å²) in [4.78, 5) is 34.8. The lowest BCUT2D eigenvalue weighted by Gasteiger charge is -2.32. The maximum Gasteiger partial charge on any atom is 0.513 e. The zero-order valence-corrected chi connectivity index (χ0v) is 41.0. The third kappa shape index (κ3) is 12.8. The summed E-state index contributed by atoms with van der Waals surface area (Å²) >= 11 is 0. The van der Waals surface area contributed by atoms with E-state index in [4.69, 9.17) is 18.6 Å². The standard InChI is InChI=1S/C50H90B2N2O6/c1-13-17-21-25-27-31-35-39(33-29-23-19-15-3)37-53-43(51-57-47(5,6)48(7,8)58-51)41-42(45(53)55)44(52-59-49(9,10)50(11,12)60-52)54(46(41)56)38-40(34-30-24-20-16-4)36-32-28-26-22-18-14-2/h39-40H,13-38H2,1-12H3. The monoisotopic (exact) mass is 837 g/mol. The Balaban J connectivity index is 1.79. The Morgan fingerprint density at radius 1 is 0.400 bits per heavy atom. The third-order valence-corrected chi connectivity index (χ3v) is 15.0. The quantitative estimate of drug-likeness (QED) is 0.0530. The van der Waals surface area contributed by atoms with Crippen LogP contribution in [0.2, 0.25) is 0 Å². The molecular weight excluding hydrogens is 746 g/mol. The van der Waals surface area contributed by atoms with Gasteiger partial charge in [-0.05, 0) is 92.9 Å². The molecule has 0 aromatic heterocycles. The molecule has 0 N–H and O–H groups in total. The van der Waals surface area contributed by atoms with Gasteiger partial charge < -0.3 is 28.4 Å². The van der Waals surface area contributed by atoms with Crippen molar-refractivity contribution < 1.29 is 28.2 Å². The number of nitrogens with zero attached hydrogens (tertiary/aromatic N) is 2. The van der Waals surface area contributed by atoms with Crippen molar-refractivity contribution in [2.24, 2.45) is 11.8 Å². The van der Waals surface area contributed by atoms with Crippen molar-refractivity contribution >= 4 is 26.1 Å². The molecule has 4 aliphatic rings. The highest BCUT2D eigenvalue weighted by Gasteiger charge is 2.63. The average Bonchev–Trinajstić information content (AvgIpc) is 3.78. The summed E-state index contributed by atoms with van der Waals surface area (Å²) in [6.45, 7) is 26.6. The lowest BCUT2D eigenvalue weighted by molar-refractivity contribution is -0.125. The fourth-order valence-electron chi connectivity index (χ4n) is 9.53. The van der Waals surface area contributed by atoms with Crippen molar-refractivity contribution in [2.45, 2.75) is 260 Å². The van der Waals surface area contributed by atoms with Crippen molar-refractivity contribution in [1.29, 1.82) is 0 Å². The first kappa shape index (κ1) is 51.0. The van der Waals surface area contributed by atoms with E-state index in [1.807, 2.05) is 9.80 Å². The number of fused-ring (bicyclic) bond motifs is 1. The van der Waals surface area contributed by atoms with Crippen molar-refractivity contribution in [3.8, 4) is 0 Å². The second-order valence-electron chi connectivity index (χ2n) is 21.1. The van der Waals surface area contributed by atoms with Crippen LogP contribution in [0.15, 0.2) is 22.3 Å². The van der Waals surface area contributed by atoms with Crippen LogP contribution < -0.4 is 0 Å². The first-order valence-electron chi connectivity index (χ1n) is 25.3. The van der Waals surface area contributed by atoms with E-state index >= 15 is 9.59 Å². The van der Waals surface area contributed by atoms with Crippen LogP contribution in [0.1, 0.15) is 237 Å². The highest BCUT2D eigenvalue weighted by Crippen LogP contribution is 2.49. The zero-order valence-electron chi connectivity index (χ0n) is 41.0. The molecule has 2 saturated heterocycles. The number of hydrogen-bond donors (Lipinski definition) is 0. The van der Waals surface area contributed by atoms with E-state index in [2.05, 4.69) is 83.1 Å². The zero-order chi connectivity index (χ0) is 44.1. The SMILES string of the molecule is CCCCCCCCC(CCCCCC)CN1C(=O)C2=C(B3OC(C)(C)C(C)(C)O3)N(CC(CCCCCC)CCCCCCCC)C(=O)C2=C1B1OC(C)(C)C(C)(C)O1. The van der Waals surface area contributed by atoms with Crippen molar-refractivity contribution in [3.63, 3.8) is 0 Å². The molecular formula is C50H90B2N2O6. The van der Waals surface area contributed by atoms with Crippen LogP contribution in [0.25, 0.3) is 0 Å². The Labute approximate surface area is 369 Å². The largest absolute Gasteiger partial charge is 0.513 e. The molecule has 0 aromatic rings. The van der Waals surface area contributed by atoms with Crippen LogP contribution in [-0.2, 0) is 28.2 Å². The molecule has 0 aliphatic carbocycles. The summed E-state index contributed by atoms with van der Waals surface area (Å²) in [6, 6.07) is 0. The van der Waals surface area contributed by atoms with E-state index < -0.39 is 36.6 Å². The Morgan fingerprint density at radius 2 is 0.633 bits per heavy atom. The van der Waals surface area contributed by atoms with E-state index in [0.717, 1.165) is 51.4 Å². The van der Waals surface area contributed by atoms with Gasteiger partial charge in [0.15, 0.2) is 0 Å². The highest BCUT2D eigenvalue weighted by molar-refractivity contribution is 6.61. The minimum absolute atomic E-state index is 0.132. The van der Waals surface area contributed by atoms with Crippen LogP contribution >= 0.6 is 0 Å². The molecule has 0 radical (unpaired) electrons. The first-order valence-corrected chi connectivity index (χ1v) is 25.3. The lowest BCUT2D eigenvalue weighted by Crippen LogP contribution is -2.43. The number of carbonyl (C=O) groups is 2. The van der Waals surface area contributed by atoms with Crippen molar-refractivity contribution in [2.75, 3.05) is 13.1 Å². The molecule has 2 fully saturated rings. The van der Waals surface area contributed by atoms with Crippen LogP contribution in [0.4, 0.5) is 0 Å². The predicted octanol–water partition coefficient (Wildman–Crippen LogP) is 13.1. The smallest absolute Gasteiger partial charge is 0.398 e. The number of unbranched alkanes of at least 4 members (excludes halogenated alkanes) is 16. The molecule has 2 amide bonds. The molecule has 0 spiro atoms. The van der Waals surface area contributed by atoms with Gasteiger partial charge >= 0.3 is 14.2 Å². The Morgan fingerprint density at radius 3 is 0.900 bits per heavy atom. The van der Waals surface area contributed by atoms with Crippen LogP contribution in [0, 0.1) is 11.8 Å². The number of carbonyl (C=O) groups excluding carboxylic acids is 2. The van der Waals surface area contributed by atoms with Crippen LogP contribution in [0.3, 0.4) is 0 Å². The van der Waals surface area contributed by atoms with E-state index in [9.17, 15) is 0 Å². The fourth-order valence-corrected chi connectivity index (χ4v) is 9.53. The molecule has 2 unspecified atom stereocenters. The molecule has 8 nitrogen and oxygen atoms in total. The molecule has 0 saturated carbocycles. The van der Waals surface area contributed by atoms with Crippen LogP contribution in [-0.4, -0.2) is 71.3 Å². The minimum atomic E-state index is -0.849. The molecule has 60 heavy (non-hydrogen) atoms. The van der Waals surface area contributed by atoms with Gasteiger partial charge in [-0.3, -0.25) is 9.59 Å². The van der Waals surface area contributed by atoms with Gasteiger partial charge in [-0.2, -0.15) is 0 Å². The predicted molar refractivity (Wildman–Crippen MR) is 250 cm³/mol. The van der Waals surface area contributed by atoms with E-state index in [1.165, 1.54) is 103 Å². The molecule has 4 rings (SSSR count). The van der Waals surface area contributed by atoms with E-state index in [-0.39, 0.29) is 11.8 Å². The summed E-state index contributed by atoms with van der Waals surface area (Å²) in [7, 11) is -1.70. The number of amides is 2. The maximum absolute atomic E-state index is 15.5. The lowest BCUT2D eigenvalue weighted by atomic mass is 9.78. The van der Waals surface area contributed by atoms with Gasteiger partial charge in [0.25, 0.3) is 11.8 Å². The van der Waals surface area contributed by atoms with Gasteiger partial charge in [-0.1, -0.05) is 156 Å². The van der Waals surface area contributed by atoms with Crippen LogP contribution in [0.5, 0.6) is 0 Å². The molecule has 4 aliphatic heterocycles. The summed E-state index contributed by atoms with van der Waals surface area (Å²) in [5, 5.41) is 0. The Hall–Kier alpha value is -1.61. The summed E-state index contributed by atoms with van der Waals surface area (Å²) < 4.78 is 27.2. The number of hydrogen-bond acceptors (Lipinski definition) is 6. The van der Waals surface area contributed by atoms with Gasteiger partial charge in [0.05, 0.1) is 44.7 Å². The van der Waals surface area contributed by atoms with Gasteiger partial charge in [0.1, 0.15) is 0 Å². The van der Waals surface area contributed by atoms with Crippen molar-refractivity contribution in [1.82, 2.24) is 9.80 Å². The van der Waals surface area contributed by atoms with Gasteiger partial charge in [-0.15, -0.1) is 0 Å². The van der Waals surface area contributed by atoms with Gasteiger partial charge in [0, 0.05) is 13.1 Å². The molecule has 2 atom stereocenters. The second-order valence-corrected chi connectivity index (χ2v) is 21.1. The Bertz CT molecular complexity index is 1300. The number of rotatable bonds is 30. The van der Waals surface area contributed by atoms with Gasteiger partial charge in [0.2, 0.25) is 0 Å². The molecule has 10 heteroatoms. The van der Waals surface area contributed by atoms with Gasteiger partial charge in [-0.25, -0.2) is 0 Å². The first-order chi connectivity index (χ1) is 28.5. The minimum Gasteiger partial charge on any atom is -0.398 e. The summed E-state index contributed by atoms with van der Waals surface area (Å²) in [6.07, 6.45) is 28.7. The molecule has 0 aromatic carbocycles. The van der Waals surface area contributed by atoms with E-state index in [0.29, 0.717) is 47.3 Å². The summed E-state index contributed by atoms with van der Waals surface area (Å²) in [5.41, 5.74) is -0.489. The molecule has 4 heterocycles. The summed E-state index contributed by atoms with van der Waals surface area (Å²) in [5.74, 6) is 0.357. The fraction of sp³-hybridized carbons (Fsp3) is 0.880. The van der Waals surface area contributed by atoms with Crippen molar-refractivity contribution in [3.05, 3.63) is 22.3 Å². The third-order valence-electron chi connectivity index (χ3n) is 15.0. The normalized spacial score (nSPS) is 21.7. The average molecular weight is 837 g/mol.